The van der Waals surface area contributed by atoms with Crippen molar-refractivity contribution in [2.75, 3.05) is 0 Å². The third-order valence-electron chi connectivity index (χ3n) is 1.70. The molecule has 0 saturated carbocycles. The molecule has 0 fully saturated rings. The fraction of sp³-hybridized carbons (Fsp3) is 0.300. The average molecular weight is 224 g/mol. The van der Waals surface area contributed by atoms with Gasteiger partial charge < -0.3 is 4.74 Å². The minimum atomic E-state index is -0.834. The van der Waals surface area contributed by atoms with Gasteiger partial charge in [0.15, 0.2) is 0 Å². The van der Waals surface area contributed by atoms with E-state index in [2.05, 4.69) is 0 Å². The van der Waals surface area contributed by atoms with Gasteiger partial charge in [-0.1, -0.05) is 0 Å². The summed E-state index contributed by atoms with van der Waals surface area (Å²) in [6.45, 7) is 3.32. The Labute approximate surface area is 91.2 Å². The number of nitrogens with zero attached hydrogens (tertiary/aromatic N) is 2. The maximum absolute atomic E-state index is 13.0. The molecule has 84 valence electrons. The largest absolute Gasteiger partial charge is 0.483 e. The minimum Gasteiger partial charge on any atom is -0.483 e. The Hall–Kier alpha value is -2.16. The number of ether oxygens (including phenoxy) is 1. The molecule has 6 heteroatoms. The van der Waals surface area contributed by atoms with Crippen molar-refractivity contribution in [2.24, 2.45) is 0 Å². The number of halogens is 1. The van der Waals surface area contributed by atoms with E-state index >= 15 is 0 Å². The van der Waals surface area contributed by atoms with E-state index in [1.54, 1.807) is 19.9 Å². The lowest BCUT2D eigenvalue weighted by Crippen LogP contribution is -2.09. The highest BCUT2D eigenvalue weighted by Gasteiger charge is 2.22. The SMILES string of the molecule is CC(C)Oc1c(C#N)cc(F)cc1[N+](=O)[O-]. The molecular formula is C10H9FN2O3. The number of hydrogen-bond acceptors (Lipinski definition) is 4. The van der Waals surface area contributed by atoms with Crippen molar-refractivity contribution >= 4 is 5.69 Å². The molecule has 0 aromatic heterocycles. The molecule has 0 radical (unpaired) electrons. The summed E-state index contributed by atoms with van der Waals surface area (Å²) in [5.74, 6) is -1.02. The first-order valence-electron chi connectivity index (χ1n) is 4.50. The maximum atomic E-state index is 13.0. The molecule has 0 bridgehead atoms. The lowest BCUT2D eigenvalue weighted by molar-refractivity contribution is -0.386. The summed E-state index contributed by atoms with van der Waals surface area (Å²) in [4.78, 5) is 9.90. The highest BCUT2D eigenvalue weighted by atomic mass is 19.1. The van der Waals surface area contributed by atoms with Crippen molar-refractivity contribution in [3.63, 3.8) is 0 Å². The van der Waals surface area contributed by atoms with Crippen LogP contribution in [0.2, 0.25) is 0 Å². The Bertz CT molecular complexity index is 466. The topological polar surface area (TPSA) is 76.2 Å². The summed E-state index contributed by atoms with van der Waals surface area (Å²) < 4.78 is 18.1. The highest BCUT2D eigenvalue weighted by Crippen LogP contribution is 2.32. The van der Waals surface area contributed by atoms with E-state index in [-0.39, 0.29) is 17.4 Å². The zero-order valence-electron chi connectivity index (χ0n) is 8.73. The molecule has 0 amide bonds. The maximum Gasteiger partial charge on any atom is 0.315 e. The third-order valence-corrected chi connectivity index (χ3v) is 1.70. The quantitative estimate of drug-likeness (QED) is 0.583. The molecule has 1 aromatic carbocycles. The van der Waals surface area contributed by atoms with E-state index in [1.807, 2.05) is 0 Å². The molecule has 0 saturated heterocycles. The van der Waals surface area contributed by atoms with Crippen LogP contribution in [0, 0.1) is 27.3 Å². The monoisotopic (exact) mass is 224 g/mol. The number of nitriles is 1. The van der Waals surface area contributed by atoms with Gasteiger partial charge in [0.25, 0.3) is 0 Å². The van der Waals surface area contributed by atoms with Crippen LogP contribution < -0.4 is 4.74 Å². The fourth-order valence-corrected chi connectivity index (χ4v) is 1.16. The average Bonchev–Trinajstić information content (AvgIpc) is 2.19. The molecule has 0 N–H and O–H groups in total. The van der Waals surface area contributed by atoms with Crippen LogP contribution in [0.3, 0.4) is 0 Å². The standard InChI is InChI=1S/C10H9FN2O3/c1-6(2)16-10-7(5-12)3-8(11)4-9(10)13(14)15/h3-4,6H,1-2H3. The van der Waals surface area contributed by atoms with Crippen LogP contribution in [0.25, 0.3) is 0 Å². The molecule has 0 heterocycles. The van der Waals surface area contributed by atoms with Crippen molar-refractivity contribution in [1.82, 2.24) is 0 Å². The molecule has 16 heavy (non-hydrogen) atoms. The Morgan fingerprint density at radius 3 is 2.62 bits per heavy atom. The lowest BCUT2D eigenvalue weighted by Gasteiger charge is -2.11. The molecule has 0 atom stereocenters. The summed E-state index contributed by atoms with van der Waals surface area (Å²) in [5.41, 5.74) is -0.717. The second-order valence-electron chi connectivity index (χ2n) is 3.34. The van der Waals surface area contributed by atoms with E-state index in [0.717, 1.165) is 12.1 Å². The minimum absolute atomic E-state index is 0.180. The van der Waals surface area contributed by atoms with Gasteiger partial charge in [0, 0.05) is 0 Å². The van der Waals surface area contributed by atoms with Crippen LogP contribution in [0.15, 0.2) is 12.1 Å². The van der Waals surface area contributed by atoms with Crippen LogP contribution in [-0.2, 0) is 0 Å². The van der Waals surface area contributed by atoms with E-state index in [0.29, 0.717) is 0 Å². The molecule has 0 aliphatic heterocycles. The highest BCUT2D eigenvalue weighted by molar-refractivity contribution is 5.57. The Morgan fingerprint density at radius 2 is 2.19 bits per heavy atom. The van der Waals surface area contributed by atoms with Gasteiger partial charge in [-0.2, -0.15) is 5.26 Å². The van der Waals surface area contributed by atoms with Crippen molar-refractivity contribution in [1.29, 1.82) is 5.26 Å². The molecule has 0 spiro atoms. The summed E-state index contributed by atoms with van der Waals surface area (Å²) in [5, 5.41) is 19.4. The van der Waals surface area contributed by atoms with Crippen LogP contribution in [0.1, 0.15) is 19.4 Å². The Kier molecular flexibility index (Phi) is 3.40. The van der Waals surface area contributed by atoms with Gasteiger partial charge in [-0.05, 0) is 19.9 Å². The Morgan fingerprint density at radius 1 is 1.56 bits per heavy atom. The summed E-state index contributed by atoms with van der Waals surface area (Å²) in [6.07, 6.45) is -0.337. The van der Waals surface area contributed by atoms with Gasteiger partial charge in [0.05, 0.1) is 17.1 Å². The van der Waals surface area contributed by atoms with E-state index in [4.69, 9.17) is 10.00 Å². The molecule has 0 aliphatic rings. The zero-order chi connectivity index (χ0) is 12.3. The van der Waals surface area contributed by atoms with Crippen LogP contribution in [-0.4, -0.2) is 11.0 Å². The molecule has 0 unspecified atom stereocenters. The number of nitro benzene ring substituents is 1. The smallest absolute Gasteiger partial charge is 0.315 e. The van der Waals surface area contributed by atoms with Crippen molar-refractivity contribution in [3.8, 4) is 11.8 Å². The number of nitro groups is 1. The van der Waals surface area contributed by atoms with Crippen LogP contribution in [0.4, 0.5) is 10.1 Å². The van der Waals surface area contributed by atoms with Gasteiger partial charge in [0.2, 0.25) is 5.75 Å². The van der Waals surface area contributed by atoms with E-state index in [1.165, 1.54) is 0 Å². The fourth-order valence-electron chi connectivity index (χ4n) is 1.16. The number of hydrogen-bond donors (Lipinski definition) is 0. The van der Waals surface area contributed by atoms with Gasteiger partial charge in [-0.25, -0.2) is 4.39 Å². The normalized spacial score (nSPS) is 9.94. The van der Waals surface area contributed by atoms with Crippen LogP contribution >= 0.6 is 0 Å². The van der Waals surface area contributed by atoms with Crippen LogP contribution in [0.5, 0.6) is 5.75 Å². The molecular weight excluding hydrogens is 215 g/mol. The van der Waals surface area contributed by atoms with E-state index < -0.39 is 16.4 Å². The van der Waals surface area contributed by atoms with Gasteiger partial charge in [0.1, 0.15) is 17.4 Å². The first-order valence-corrected chi connectivity index (χ1v) is 4.50. The van der Waals surface area contributed by atoms with Gasteiger partial charge in [-0.15, -0.1) is 0 Å². The third kappa shape index (κ3) is 2.45. The van der Waals surface area contributed by atoms with Crippen molar-refractivity contribution < 1.29 is 14.1 Å². The summed E-state index contributed by atoms with van der Waals surface area (Å²) >= 11 is 0. The first kappa shape index (κ1) is 11.9. The molecule has 0 aliphatic carbocycles. The second kappa shape index (κ2) is 4.57. The summed E-state index contributed by atoms with van der Waals surface area (Å²) in [7, 11) is 0. The summed E-state index contributed by atoms with van der Waals surface area (Å²) in [6, 6.07) is 3.31. The zero-order valence-corrected chi connectivity index (χ0v) is 8.73. The van der Waals surface area contributed by atoms with Crippen molar-refractivity contribution in [2.45, 2.75) is 20.0 Å². The molecule has 1 aromatic rings. The molecule has 1 rings (SSSR count). The predicted octanol–water partition coefficient (Wildman–Crippen LogP) is 2.39. The number of rotatable bonds is 3. The van der Waals surface area contributed by atoms with Gasteiger partial charge >= 0.3 is 5.69 Å². The Balaban J connectivity index is 3.40. The van der Waals surface area contributed by atoms with Gasteiger partial charge in [-0.3, -0.25) is 10.1 Å². The number of benzene rings is 1. The second-order valence-corrected chi connectivity index (χ2v) is 3.34. The van der Waals surface area contributed by atoms with Crippen molar-refractivity contribution in [3.05, 3.63) is 33.6 Å². The lowest BCUT2D eigenvalue weighted by atomic mass is 10.2. The molecule has 5 nitrogen and oxygen atoms in total. The predicted molar refractivity (Wildman–Crippen MR) is 53.5 cm³/mol. The van der Waals surface area contributed by atoms with E-state index in [9.17, 15) is 14.5 Å². The first-order chi connectivity index (χ1) is 7.45.